The molecular formula is C26H30F3N3O2. The highest BCUT2D eigenvalue weighted by Crippen LogP contribution is 2.30. The first-order chi connectivity index (χ1) is 16.3. The summed E-state index contributed by atoms with van der Waals surface area (Å²) in [5.74, 6) is -0.506. The van der Waals surface area contributed by atoms with Gasteiger partial charge in [-0.05, 0) is 62.1 Å². The molecular weight excluding hydrogens is 443 g/mol. The Kier molecular flexibility index (Phi) is 7.56. The molecule has 1 atom stereocenters. The van der Waals surface area contributed by atoms with Gasteiger partial charge in [0.05, 0.1) is 12.1 Å². The van der Waals surface area contributed by atoms with Gasteiger partial charge in [-0.15, -0.1) is 0 Å². The number of anilines is 1. The van der Waals surface area contributed by atoms with Crippen LogP contribution < -0.4 is 10.2 Å². The zero-order valence-corrected chi connectivity index (χ0v) is 19.1. The molecule has 2 aromatic rings. The first kappa shape index (κ1) is 24.3. The molecule has 0 bridgehead atoms. The summed E-state index contributed by atoms with van der Waals surface area (Å²) >= 11 is 0. The summed E-state index contributed by atoms with van der Waals surface area (Å²) in [6.45, 7) is 3.74. The van der Waals surface area contributed by atoms with Crippen LogP contribution in [0.15, 0.2) is 54.6 Å². The number of carbonyl (C=O) groups is 2. The van der Waals surface area contributed by atoms with E-state index in [1.807, 2.05) is 6.07 Å². The molecule has 0 unspecified atom stereocenters. The van der Waals surface area contributed by atoms with Gasteiger partial charge in [-0.3, -0.25) is 14.5 Å². The number of carbonyl (C=O) groups excluding carboxylic acids is 2. The second-order valence-electron chi connectivity index (χ2n) is 9.21. The van der Waals surface area contributed by atoms with Gasteiger partial charge < -0.3 is 10.2 Å². The van der Waals surface area contributed by atoms with E-state index in [2.05, 4.69) is 39.4 Å². The number of benzene rings is 2. The number of halogens is 3. The molecule has 1 amide bonds. The molecule has 34 heavy (non-hydrogen) atoms. The van der Waals surface area contributed by atoms with E-state index < -0.39 is 17.6 Å². The van der Waals surface area contributed by atoms with Crippen LogP contribution >= 0.6 is 0 Å². The van der Waals surface area contributed by atoms with Crippen molar-refractivity contribution < 1.29 is 22.8 Å². The first-order valence-electron chi connectivity index (χ1n) is 11.8. The van der Waals surface area contributed by atoms with E-state index in [0.29, 0.717) is 12.5 Å². The van der Waals surface area contributed by atoms with Crippen molar-refractivity contribution in [1.29, 1.82) is 0 Å². The maximum absolute atomic E-state index is 12.8. The average Bonchev–Trinajstić information content (AvgIpc) is 3.31. The Bertz CT molecular complexity index is 988. The smallest absolute Gasteiger partial charge is 0.371 e. The van der Waals surface area contributed by atoms with Crippen LogP contribution in [-0.2, 0) is 11.0 Å². The summed E-state index contributed by atoms with van der Waals surface area (Å²) in [5.41, 5.74) is 0.279. The standard InChI is InChI=1S/C26H30F3N3O2/c27-26(28,29)21-6-4-5-20(16-21)25(34)30-17-24(33)15-19-9-12-32(18-19)23-10-13-31(14-11-23)22-7-2-1-3-8-22/h1-8,16,19,23H,9-15,17-18H2,(H,30,34)/t19-/m0/s1. The quantitative estimate of drug-likeness (QED) is 0.648. The van der Waals surface area contributed by atoms with Crippen molar-refractivity contribution in [3.8, 4) is 0 Å². The Balaban J connectivity index is 1.19. The number of Topliss-reactive ketones (excluding diaryl/α,β-unsaturated/α-hetero) is 1. The van der Waals surface area contributed by atoms with Crippen molar-refractivity contribution in [3.63, 3.8) is 0 Å². The van der Waals surface area contributed by atoms with Crippen molar-refractivity contribution >= 4 is 17.4 Å². The Morgan fingerprint density at radius 3 is 2.38 bits per heavy atom. The van der Waals surface area contributed by atoms with Gasteiger partial charge in [-0.2, -0.15) is 13.2 Å². The highest BCUT2D eigenvalue weighted by atomic mass is 19.4. The number of nitrogens with one attached hydrogen (secondary N) is 1. The fourth-order valence-electron chi connectivity index (χ4n) is 5.00. The number of ketones is 1. The van der Waals surface area contributed by atoms with E-state index in [1.54, 1.807) is 0 Å². The van der Waals surface area contributed by atoms with E-state index in [0.717, 1.165) is 57.6 Å². The van der Waals surface area contributed by atoms with Crippen LogP contribution in [0.5, 0.6) is 0 Å². The summed E-state index contributed by atoms with van der Waals surface area (Å²) in [7, 11) is 0. The zero-order chi connectivity index (χ0) is 24.1. The van der Waals surface area contributed by atoms with Gasteiger partial charge >= 0.3 is 6.18 Å². The van der Waals surface area contributed by atoms with Gasteiger partial charge in [0.2, 0.25) is 0 Å². The fourth-order valence-corrected chi connectivity index (χ4v) is 5.00. The van der Waals surface area contributed by atoms with Crippen molar-refractivity contribution in [2.45, 2.75) is 37.9 Å². The topological polar surface area (TPSA) is 52.7 Å². The molecule has 2 fully saturated rings. The van der Waals surface area contributed by atoms with Gasteiger partial charge in [0.25, 0.3) is 5.91 Å². The number of alkyl halides is 3. The summed E-state index contributed by atoms with van der Waals surface area (Å²) in [5, 5.41) is 2.47. The summed E-state index contributed by atoms with van der Waals surface area (Å²) < 4.78 is 38.5. The van der Waals surface area contributed by atoms with Gasteiger partial charge in [0, 0.05) is 43.3 Å². The second-order valence-corrected chi connectivity index (χ2v) is 9.21. The number of rotatable bonds is 7. The SMILES string of the molecule is O=C(CNC(=O)c1cccc(C(F)(F)F)c1)C[C@@H]1CCN(C2CCN(c3ccccc3)CC2)C1. The monoisotopic (exact) mass is 473 g/mol. The number of amides is 1. The van der Waals surface area contributed by atoms with Crippen LogP contribution in [0, 0.1) is 5.92 Å². The number of para-hydroxylation sites is 1. The van der Waals surface area contributed by atoms with Crippen molar-refractivity contribution in [1.82, 2.24) is 10.2 Å². The predicted molar refractivity (Wildman–Crippen MR) is 125 cm³/mol. The lowest BCUT2D eigenvalue weighted by atomic mass is 10.0. The van der Waals surface area contributed by atoms with Crippen LogP contribution in [0.3, 0.4) is 0 Å². The number of likely N-dealkylation sites (tertiary alicyclic amines) is 1. The molecule has 2 aliphatic heterocycles. The molecule has 0 aromatic heterocycles. The van der Waals surface area contributed by atoms with E-state index in [1.165, 1.54) is 17.8 Å². The molecule has 4 rings (SSSR count). The Morgan fingerprint density at radius 1 is 0.941 bits per heavy atom. The highest BCUT2D eigenvalue weighted by molar-refractivity contribution is 5.96. The average molecular weight is 474 g/mol. The third kappa shape index (κ3) is 6.17. The number of nitrogens with zero attached hydrogens (tertiary/aromatic N) is 2. The molecule has 2 heterocycles. The van der Waals surface area contributed by atoms with E-state index in [9.17, 15) is 22.8 Å². The lowest BCUT2D eigenvalue weighted by molar-refractivity contribution is -0.137. The molecule has 0 radical (unpaired) electrons. The summed E-state index contributed by atoms with van der Waals surface area (Å²) in [6.07, 6.45) is -0.988. The van der Waals surface area contributed by atoms with Crippen molar-refractivity contribution in [2.75, 3.05) is 37.6 Å². The van der Waals surface area contributed by atoms with E-state index >= 15 is 0 Å². The Hall–Kier alpha value is -2.87. The molecule has 8 heteroatoms. The lowest BCUT2D eigenvalue weighted by Gasteiger charge is -2.38. The maximum atomic E-state index is 12.8. The van der Waals surface area contributed by atoms with Crippen LogP contribution in [0.25, 0.3) is 0 Å². The third-order valence-electron chi connectivity index (χ3n) is 6.83. The Labute approximate surface area is 197 Å². The zero-order valence-electron chi connectivity index (χ0n) is 19.1. The molecule has 0 spiro atoms. The molecule has 0 aliphatic carbocycles. The summed E-state index contributed by atoms with van der Waals surface area (Å²) in [6, 6.07) is 15.2. The van der Waals surface area contributed by atoms with E-state index in [4.69, 9.17) is 0 Å². The minimum Gasteiger partial charge on any atom is -0.371 e. The molecule has 2 saturated heterocycles. The van der Waals surface area contributed by atoms with Crippen LogP contribution in [0.4, 0.5) is 18.9 Å². The normalized spacial score (nSPS) is 19.9. The number of piperidine rings is 1. The van der Waals surface area contributed by atoms with Crippen molar-refractivity contribution in [2.24, 2.45) is 5.92 Å². The molecule has 2 aromatic carbocycles. The summed E-state index contributed by atoms with van der Waals surface area (Å²) in [4.78, 5) is 29.5. The van der Waals surface area contributed by atoms with Crippen LogP contribution in [0.2, 0.25) is 0 Å². The lowest BCUT2D eigenvalue weighted by Crippen LogP contribution is -2.44. The predicted octanol–water partition coefficient (Wildman–Crippen LogP) is 4.39. The minimum absolute atomic E-state index is 0.0916. The number of hydrogen-bond acceptors (Lipinski definition) is 4. The third-order valence-corrected chi connectivity index (χ3v) is 6.83. The van der Waals surface area contributed by atoms with Crippen LogP contribution in [-0.4, -0.2) is 55.4 Å². The van der Waals surface area contributed by atoms with Gasteiger partial charge in [0.15, 0.2) is 5.78 Å². The van der Waals surface area contributed by atoms with Gasteiger partial charge in [0.1, 0.15) is 0 Å². The molecule has 5 nitrogen and oxygen atoms in total. The minimum atomic E-state index is -4.52. The van der Waals surface area contributed by atoms with Gasteiger partial charge in [-0.25, -0.2) is 0 Å². The van der Waals surface area contributed by atoms with E-state index in [-0.39, 0.29) is 23.8 Å². The van der Waals surface area contributed by atoms with Crippen molar-refractivity contribution in [3.05, 3.63) is 65.7 Å². The Morgan fingerprint density at radius 2 is 1.68 bits per heavy atom. The molecule has 182 valence electrons. The molecule has 1 N–H and O–H groups in total. The second kappa shape index (κ2) is 10.6. The van der Waals surface area contributed by atoms with Gasteiger partial charge in [-0.1, -0.05) is 24.3 Å². The molecule has 2 aliphatic rings. The number of hydrogen-bond donors (Lipinski definition) is 1. The highest BCUT2D eigenvalue weighted by Gasteiger charge is 2.32. The van der Waals surface area contributed by atoms with Crippen LogP contribution in [0.1, 0.15) is 41.6 Å². The fraction of sp³-hybridized carbons (Fsp3) is 0.462. The molecule has 0 saturated carbocycles. The largest absolute Gasteiger partial charge is 0.416 e. The first-order valence-corrected chi connectivity index (χ1v) is 11.8. The maximum Gasteiger partial charge on any atom is 0.416 e.